The molecular weight excluding hydrogens is 297 g/mol. The number of hydrogen-bond acceptors (Lipinski definition) is 6. The molecule has 1 aromatic carbocycles. The summed E-state index contributed by atoms with van der Waals surface area (Å²) >= 11 is 5.91. The topological polar surface area (TPSA) is 72.6 Å². The molecule has 106 valence electrons. The standard InChI is InChI=1S/C12H9ClFN7/c1-20(9-4-2-8(14)3-5-9)11-17-10(13)18-12(19-11)21-7-15-6-16-21/h2-7H,1H3. The quantitative estimate of drug-likeness (QED) is 0.737. The minimum atomic E-state index is -0.316. The molecular formula is C12H9ClFN7. The first-order valence-corrected chi connectivity index (χ1v) is 6.27. The maximum atomic E-state index is 13.0. The zero-order chi connectivity index (χ0) is 14.8. The van der Waals surface area contributed by atoms with E-state index in [-0.39, 0.29) is 17.0 Å². The highest BCUT2D eigenvalue weighted by Gasteiger charge is 2.12. The van der Waals surface area contributed by atoms with Crippen LogP contribution in [0.25, 0.3) is 5.95 Å². The largest absolute Gasteiger partial charge is 0.313 e. The fourth-order valence-corrected chi connectivity index (χ4v) is 1.82. The molecule has 3 rings (SSSR count). The van der Waals surface area contributed by atoms with Gasteiger partial charge >= 0.3 is 0 Å². The molecule has 0 aliphatic carbocycles. The number of anilines is 2. The Hall–Kier alpha value is -2.61. The molecule has 0 unspecified atom stereocenters. The van der Waals surface area contributed by atoms with E-state index in [4.69, 9.17) is 11.6 Å². The first-order valence-electron chi connectivity index (χ1n) is 5.89. The number of nitrogens with zero attached hydrogens (tertiary/aromatic N) is 7. The van der Waals surface area contributed by atoms with Crippen LogP contribution in [-0.4, -0.2) is 36.8 Å². The lowest BCUT2D eigenvalue weighted by Crippen LogP contribution is -2.16. The van der Waals surface area contributed by atoms with Gasteiger partial charge in [0, 0.05) is 12.7 Å². The summed E-state index contributed by atoms with van der Waals surface area (Å²) < 4.78 is 14.3. The summed E-state index contributed by atoms with van der Waals surface area (Å²) in [7, 11) is 1.74. The summed E-state index contributed by atoms with van der Waals surface area (Å²) in [6.45, 7) is 0. The summed E-state index contributed by atoms with van der Waals surface area (Å²) in [5.41, 5.74) is 0.711. The molecule has 0 saturated heterocycles. The van der Waals surface area contributed by atoms with Crippen LogP contribution in [0.4, 0.5) is 16.0 Å². The summed E-state index contributed by atoms with van der Waals surface area (Å²) in [6.07, 6.45) is 2.81. The lowest BCUT2D eigenvalue weighted by atomic mass is 10.3. The molecule has 0 N–H and O–H groups in total. The molecule has 0 atom stereocenters. The Morgan fingerprint density at radius 1 is 1.14 bits per heavy atom. The van der Waals surface area contributed by atoms with Crippen LogP contribution in [0.5, 0.6) is 0 Å². The molecule has 2 aromatic heterocycles. The number of benzene rings is 1. The average molecular weight is 306 g/mol. The zero-order valence-electron chi connectivity index (χ0n) is 10.9. The third kappa shape index (κ3) is 2.79. The van der Waals surface area contributed by atoms with Crippen LogP contribution in [0.2, 0.25) is 5.28 Å². The Kier molecular flexibility index (Phi) is 3.44. The zero-order valence-corrected chi connectivity index (χ0v) is 11.6. The van der Waals surface area contributed by atoms with Crippen molar-refractivity contribution in [2.45, 2.75) is 0 Å². The van der Waals surface area contributed by atoms with Crippen molar-refractivity contribution in [3.8, 4) is 5.95 Å². The van der Waals surface area contributed by atoms with Crippen molar-refractivity contribution in [3.63, 3.8) is 0 Å². The van der Waals surface area contributed by atoms with Crippen molar-refractivity contribution in [1.82, 2.24) is 29.7 Å². The fraction of sp³-hybridized carbons (Fsp3) is 0.0833. The number of halogens is 2. The SMILES string of the molecule is CN(c1ccc(F)cc1)c1nc(Cl)nc(-n2cncn2)n1. The molecule has 3 aromatic rings. The molecule has 0 saturated carbocycles. The van der Waals surface area contributed by atoms with Crippen LogP contribution in [0, 0.1) is 5.82 Å². The van der Waals surface area contributed by atoms with Gasteiger partial charge in [0.2, 0.25) is 11.2 Å². The smallest absolute Gasteiger partial charge is 0.258 e. The molecule has 0 bridgehead atoms. The van der Waals surface area contributed by atoms with Crippen LogP contribution in [0.3, 0.4) is 0 Å². The Balaban J connectivity index is 2.00. The Morgan fingerprint density at radius 3 is 2.57 bits per heavy atom. The van der Waals surface area contributed by atoms with E-state index in [9.17, 15) is 4.39 Å². The van der Waals surface area contributed by atoms with Gasteiger partial charge < -0.3 is 4.90 Å². The maximum Gasteiger partial charge on any atom is 0.258 e. The number of hydrogen-bond donors (Lipinski definition) is 0. The van der Waals surface area contributed by atoms with E-state index in [0.717, 1.165) is 0 Å². The Morgan fingerprint density at radius 2 is 1.90 bits per heavy atom. The molecule has 21 heavy (non-hydrogen) atoms. The van der Waals surface area contributed by atoms with E-state index in [1.165, 1.54) is 29.5 Å². The fourth-order valence-electron chi connectivity index (χ4n) is 1.67. The Bertz CT molecular complexity index is 745. The minimum absolute atomic E-state index is 0.0273. The van der Waals surface area contributed by atoms with Crippen LogP contribution in [0.15, 0.2) is 36.9 Å². The van der Waals surface area contributed by atoms with E-state index in [2.05, 4.69) is 25.0 Å². The van der Waals surface area contributed by atoms with Crippen LogP contribution < -0.4 is 4.90 Å². The van der Waals surface area contributed by atoms with Gasteiger partial charge in [0.15, 0.2) is 0 Å². The summed E-state index contributed by atoms with van der Waals surface area (Å²) in [5.74, 6) is 0.243. The van der Waals surface area contributed by atoms with Crippen molar-refractivity contribution in [1.29, 1.82) is 0 Å². The summed E-state index contributed by atoms with van der Waals surface area (Å²) in [4.78, 5) is 17.8. The van der Waals surface area contributed by atoms with Gasteiger partial charge in [-0.05, 0) is 35.9 Å². The van der Waals surface area contributed by atoms with Crippen LogP contribution in [-0.2, 0) is 0 Å². The highest BCUT2D eigenvalue weighted by atomic mass is 35.5. The first-order chi connectivity index (χ1) is 10.1. The van der Waals surface area contributed by atoms with E-state index >= 15 is 0 Å². The van der Waals surface area contributed by atoms with Crippen molar-refractivity contribution in [2.24, 2.45) is 0 Å². The van der Waals surface area contributed by atoms with Gasteiger partial charge in [0.25, 0.3) is 5.95 Å². The van der Waals surface area contributed by atoms with Gasteiger partial charge in [-0.3, -0.25) is 0 Å². The second-order valence-corrected chi connectivity index (χ2v) is 4.42. The minimum Gasteiger partial charge on any atom is -0.313 e. The van der Waals surface area contributed by atoms with Crippen molar-refractivity contribution in [3.05, 3.63) is 48.0 Å². The first kappa shape index (κ1) is 13.4. The van der Waals surface area contributed by atoms with E-state index in [1.807, 2.05) is 0 Å². The predicted molar refractivity (Wildman–Crippen MR) is 74.2 cm³/mol. The maximum absolute atomic E-state index is 13.0. The van der Waals surface area contributed by atoms with Gasteiger partial charge in [0.05, 0.1) is 0 Å². The van der Waals surface area contributed by atoms with E-state index in [1.54, 1.807) is 24.1 Å². The Labute approximate surface area is 124 Å². The van der Waals surface area contributed by atoms with E-state index < -0.39 is 0 Å². The van der Waals surface area contributed by atoms with Crippen LogP contribution in [0.1, 0.15) is 0 Å². The summed E-state index contributed by atoms with van der Waals surface area (Å²) in [5, 5.41) is 3.97. The van der Waals surface area contributed by atoms with Gasteiger partial charge in [-0.2, -0.15) is 24.7 Å². The van der Waals surface area contributed by atoms with Crippen molar-refractivity contribution >= 4 is 23.2 Å². The highest BCUT2D eigenvalue weighted by molar-refractivity contribution is 6.28. The van der Waals surface area contributed by atoms with Crippen LogP contribution >= 0.6 is 11.6 Å². The molecule has 0 radical (unpaired) electrons. The van der Waals surface area contributed by atoms with Gasteiger partial charge in [-0.15, -0.1) is 0 Å². The highest BCUT2D eigenvalue weighted by Crippen LogP contribution is 2.21. The van der Waals surface area contributed by atoms with Crippen molar-refractivity contribution in [2.75, 3.05) is 11.9 Å². The third-order valence-electron chi connectivity index (χ3n) is 2.72. The number of aromatic nitrogens is 6. The van der Waals surface area contributed by atoms with Gasteiger partial charge in [-0.1, -0.05) is 0 Å². The van der Waals surface area contributed by atoms with E-state index in [0.29, 0.717) is 11.6 Å². The normalized spacial score (nSPS) is 10.6. The molecule has 0 fully saturated rings. The monoisotopic (exact) mass is 305 g/mol. The molecule has 2 heterocycles. The average Bonchev–Trinajstić information content (AvgIpc) is 3.01. The lowest BCUT2D eigenvalue weighted by molar-refractivity contribution is 0.628. The second-order valence-electron chi connectivity index (χ2n) is 4.08. The lowest BCUT2D eigenvalue weighted by Gasteiger charge is -2.17. The summed E-state index contributed by atoms with van der Waals surface area (Å²) in [6, 6.07) is 5.93. The second kappa shape index (κ2) is 5.41. The van der Waals surface area contributed by atoms with Gasteiger partial charge in [-0.25, -0.2) is 9.37 Å². The van der Waals surface area contributed by atoms with Gasteiger partial charge in [0.1, 0.15) is 18.5 Å². The molecule has 0 aliphatic heterocycles. The molecule has 9 heteroatoms. The predicted octanol–water partition coefficient (Wildman–Crippen LogP) is 2.01. The third-order valence-corrected chi connectivity index (χ3v) is 2.89. The molecule has 0 spiro atoms. The molecule has 0 amide bonds. The molecule has 0 aliphatic rings. The number of rotatable bonds is 3. The molecule has 7 nitrogen and oxygen atoms in total. The van der Waals surface area contributed by atoms with Crippen molar-refractivity contribution < 1.29 is 4.39 Å².